The highest BCUT2D eigenvalue weighted by Gasteiger charge is 2.36. The molecule has 0 amide bonds. The Morgan fingerprint density at radius 3 is 2.70 bits per heavy atom. The summed E-state index contributed by atoms with van der Waals surface area (Å²) < 4.78 is 13.8. The van der Waals surface area contributed by atoms with E-state index in [0.29, 0.717) is 17.9 Å². The Bertz CT molecular complexity index is 742. The molecule has 0 aromatic carbocycles. The third-order valence-electron chi connectivity index (χ3n) is 5.31. The van der Waals surface area contributed by atoms with Gasteiger partial charge >= 0.3 is 0 Å². The zero-order valence-electron chi connectivity index (χ0n) is 13.4. The van der Waals surface area contributed by atoms with Gasteiger partial charge in [0.1, 0.15) is 17.8 Å². The van der Waals surface area contributed by atoms with Crippen LogP contribution in [0.15, 0.2) is 12.5 Å². The molecular formula is C16H23N5OS. The highest BCUT2D eigenvalue weighted by atomic mass is 32.2. The van der Waals surface area contributed by atoms with Crippen LogP contribution >= 0.6 is 0 Å². The van der Waals surface area contributed by atoms with Gasteiger partial charge in [-0.05, 0) is 24.8 Å². The lowest BCUT2D eigenvalue weighted by Gasteiger charge is -2.44. The maximum atomic E-state index is 11.5. The van der Waals surface area contributed by atoms with Crippen molar-refractivity contribution in [2.24, 2.45) is 0 Å². The number of anilines is 1. The summed E-state index contributed by atoms with van der Waals surface area (Å²) in [6.45, 7) is 4.10. The van der Waals surface area contributed by atoms with Gasteiger partial charge in [-0.1, -0.05) is 6.92 Å². The number of aromatic nitrogens is 3. The number of nitrogens with zero attached hydrogens (tertiary/aromatic N) is 4. The van der Waals surface area contributed by atoms with Gasteiger partial charge in [0.25, 0.3) is 0 Å². The summed E-state index contributed by atoms with van der Waals surface area (Å²) in [5.74, 6) is 2.24. The molecule has 6 nitrogen and oxygen atoms in total. The summed E-state index contributed by atoms with van der Waals surface area (Å²) in [4.78, 5) is 11.1. The number of aryl methyl sites for hydroxylation is 1. The molecule has 2 N–H and O–H groups in total. The van der Waals surface area contributed by atoms with E-state index in [9.17, 15) is 4.21 Å². The van der Waals surface area contributed by atoms with Crippen LogP contribution in [0.5, 0.6) is 0 Å². The molecule has 7 heteroatoms. The fraction of sp³-hybridized carbons (Fsp3) is 0.625. The van der Waals surface area contributed by atoms with Gasteiger partial charge in [0.15, 0.2) is 0 Å². The molecule has 3 heterocycles. The maximum Gasteiger partial charge on any atom is 0.146 e. The molecule has 0 unspecified atom stereocenters. The van der Waals surface area contributed by atoms with Gasteiger partial charge in [-0.25, -0.2) is 9.97 Å². The van der Waals surface area contributed by atoms with Gasteiger partial charge in [-0.3, -0.25) is 9.11 Å². The molecule has 4 rings (SSSR count). The second-order valence-electron chi connectivity index (χ2n) is 6.54. The number of fused-ring (bicyclic) bond motifs is 1. The normalized spacial score (nSPS) is 26.5. The molecule has 0 spiro atoms. The van der Waals surface area contributed by atoms with Crippen molar-refractivity contribution in [1.29, 1.82) is 0 Å². The van der Waals surface area contributed by atoms with Crippen LogP contribution in [-0.2, 0) is 17.2 Å². The second-order valence-corrected chi connectivity index (χ2v) is 8.23. The van der Waals surface area contributed by atoms with E-state index in [1.165, 1.54) is 5.56 Å². The predicted octanol–water partition coefficient (Wildman–Crippen LogP) is 1.34. The minimum absolute atomic E-state index is 0.490. The van der Waals surface area contributed by atoms with Gasteiger partial charge in [-0.2, -0.15) is 0 Å². The smallest absolute Gasteiger partial charge is 0.146 e. The average molecular weight is 333 g/mol. The summed E-state index contributed by atoms with van der Waals surface area (Å²) >= 11 is 0. The van der Waals surface area contributed by atoms with E-state index in [2.05, 4.69) is 32.6 Å². The zero-order chi connectivity index (χ0) is 16.0. The third-order valence-corrected chi connectivity index (χ3v) is 6.58. The van der Waals surface area contributed by atoms with Crippen molar-refractivity contribution in [3.05, 3.63) is 18.1 Å². The first-order chi connectivity index (χ1) is 11.2. The molecule has 2 fully saturated rings. The van der Waals surface area contributed by atoms with E-state index in [1.807, 2.05) is 0 Å². The van der Waals surface area contributed by atoms with Crippen molar-refractivity contribution < 1.29 is 4.21 Å². The van der Waals surface area contributed by atoms with Crippen molar-refractivity contribution in [2.45, 2.75) is 38.3 Å². The Morgan fingerprint density at radius 2 is 2.00 bits per heavy atom. The number of hydrogen-bond acceptors (Lipinski definition) is 5. The minimum atomic E-state index is -0.597. The van der Waals surface area contributed by atoms with Crippen molar-refractivity contribution in [3.63, 3.8) is 0 Å². The standard InChI is InChI=1S/C16H23N5OS/c1-2-11-9-21(16-14(11)15(17)18-10-19-16)13-7-12(8-13)20-3-5-23(22)6-4-20/h9-10,12-13H,2-8H2,1H3,(H2,17,18,19). The monoisotopic (exact) mass is 333 g/mol. The Kier molecular flexibility index (Phi) is 3.85. The molecule has 124 valence electrons. The van der Waals surface area contributed by atoms with Crippen LogP contribution in [0.1, 0.15) is 31.4 Å². The van der Waals surface area contributed by atoms with Crippen LogP contribution in [0.4, 0.5) is 5.82 Å². The first kappa shape index (κ1) is 15.1. The molecule has 23 heavy (non-hydrogen) atoms. The van der Waals surface area contributed by atoms with Crippen LogP contribution in [0, 0.1) is 0 Å². The summed E-state index contributed by atoms with van der Waals surface area (Å²) in [7, 11) is -0.597. The van der Waals surface area contributed by atoms with Gasteiger partial charge in [0, 0.05) is 53.7 Å². The van der Waals surface area contributed by atoms with Gasteiger partial charge < -0.3 is 10.3 Å². The highest BCUT2D eigenvalue weighted by Crippen LogP contribution is 2.39. The van der Waals surface area contributed by atoms with E-state index < -0.39 is 10.8 Å². The minimum Gasteiger partial charge on any atom is -0.383 e. The molecule has 1 aliphatic carbocycles. The average Bonchev–Trinajstić information content (AvgIpc) is 2.88. The van der Waals surface area contributed by atoms with E-state index in [0.717, 1.165) is 54.9 Å². The number of nitrogen functional groups attached to an aromatic ring is 1. The topological polar surface area (TPSA) is 77.0 Å². The van der Waals surface area contributed by atoms with Crippen LogP contribution in [0.2, 0.25) is 0 Å². The Labute approximate surface area is 138 Å². The molecule has 2 aromatic rings. The van der Waals surface area contributed by atoms with Crippen LogP contribution < -0.4 is 5.73 Å². The largest absolute Gasteiger partial charge is 0.383 e. The molecule has 2 aromatic heterocycles. The van der Waals surface area contributed by atoms with Crippen LogP contribution in [-0.4, -0.2) is 54.3 Å². The Hall–Kier alpha value is -1.47. The van der Waals surface area contributed by atoms with Gasteiger partial charge in [0.05, 0.1) is 5.39 Å². The number of hydrogen-bond donors (Lipinski definition) is 1. The molecule has 2 aliphatic rings. The van der Waals surface area contributed by atoms with Crippen molar-refractivity contribution in [3.8, 4) is 0 Å². The first-order valence-electron chi connectivity index (χ1n) is 8.36. The highest BCUT2D eigenvalue weighted by molar-refractivity contribution is 7.85. The summed E-state index contributed by atoms with van der Waals surface area (Å²) in [6, 6.07) is 1.11. The lowest BCUT2D eigenvalue weighted by atomic mass is 9.85. The van der Waals surface area contributed by atoms with Crippen LogP contribution in [0.25, 0.3) is 11.0 Å². The number of nitrogens with two attached hydrogens (primary N) is 1. The van der Waals surface area contributed by atoms with Crippen molar-refractivity contribution in [1.82, 2.24) is 19.4 Å². The van der Waals surface area contributed by atoms with Crippen molar-refractivity contribution >= 4 is 27.7 Å². The SMILES string of the molecule is CCc1cn(C2CC(N3CCS(=O)CC3)C2)c2ncnc(N)c12. The quantitative estimate of drug-likeness (QED) is 0.917. The van der Waals surface area contributed by atoms with Gasteiger partial charge in [0.2, 0.25) is 0 Å². The first-order valence-corrected chi connectivity index (χ1v) is 9.85. The van der Waals surface area contributed by atoms with Crippen LogP contribution in [0.3, 0.4) is 0 Å². The Balaban J connectivity index is 1.53. The molecular weight excluding hydrogens is 310 g/mol. The lowest BCUT2D eigenvalue weighted by Crippen LogP contribution is -2.50. The summed E-state index contributed by atoms with van der Waals surface area (Å²) in [5, 5.41) is 1.02. The second kappa shape index (κ2) is 5.87. The maximum absolute atomic E-state index is 11.5. The zero-order valence-corrected chi connectivity index (χ0v) is 14.3. The van der Waals surface area contributed by atoms with E-state index >= 15 is 0 Å². The van der Waals surface area contributed by atoms with Gasteiger partial charge in [-0.15, -0.1) is 0 Å². The molecule has 0 bridgehead atoms. The molecule has 1 aliphatic heterocycles. The lowest BCUT2D eigenvalue weighted by molar-refractivity contribution is 0.0930. The van der Waals surface area contributed by atoms with E-state index in [4.69, 9.17) is 5.73 Å². The fourth-order valence-electron chi connectivity index (χ4n) is 3.83. The third kappa shape index (κ3) is 2.55. The molecule has 1 saturated carbocycles. The predicted molar refractivity (Wildman–Crippen MR) is 92.8 cm³/mol. The van der Waals surface area contributed by atoms with Crippen molar-refractivity contribution in [2.75, 3.05) is 30.3 Å². The number of rotatable bonds is 3. The fourth-order valence-corrected chi connectivity index (χ4v) is 4.92. The molecule has 1 saturated heterocycles. The summed E-state index contributed by atoms with van der Waals surface area (Å²) in [6.07, 6.45) is 6.99. The molecule has 0 radical (unpaired) electrons. The van der Waals surface area contributed by atoms with E-state index in [-0.39, 0.29) is 0 Å². The summed E-state index contributed by atoms with van der Waals surface area (Å²) in [5.41, 5.74) is 8.26. The Morgan fingerprint density at radius 1 is 1.26 bits per heavy atom. The van der Waals surface area contributed by atoms with E-state index in [1.54, 1.807) is 6.33 Å². The molecule has 0 atom stereocenters.